The lowest BCUT2D eigenvalue weighted by Gasteiger charge is -2.16. The van der Waals surface area contributed by atoms with Crippen molar-refractivity contribution in [3.63, 3.8) is 0 Å². The highest BCUT2D eigenvalue weighted by Crippen LogP contribution is 1.96. The van der Waals surface area contributed by atoms with Crippen LogP contribution in [0.3, 0.4) is 0 Å². The molecule has 7 heteroatoms. The molecule has 0 saturated heterocycles. The van der Waals surface area contributed by atoms with Crippen molar-refractivity contribution in [1.82, 2.24) is 15.4 Å². The Labute approximate surface area is 92.0 Å². The van der Waals surface area contributed by atoms with Crippen LogP contribution in [0.25, 0.3) is 0 Å². The van der Waals surface area contributed by atoms with Gasteiger partial charge in [-0.15, -0.1) is 0 Å². The normalized spacial score (nSPS) is 9.81. The van der Waals surface area contributed by atoms with E-state index < -0.39 is 5.97 Å². The van der Waals surface area contributed by atoms with Gasteiger partial charge in [-0.2, -0.15) is 0 Å². The number of carboxylic acid groups (broad SMARTS) is 1. The fourth-order valence-electron chi connectivity index (χ4n) is 0.996. The largest absolute Gasteiger partial charge is 0.481 e. The third-order valence-corrected chi connectivity index (χ3v) is 1.91. The van der Waals surface area contributed by atoms with Gasteiger partial charge in [0.2, 0.25) is 0 Å². The van der Waals surface area contributed by atoms with Crippen molar-refractivity contribution in [2.24, 2.45) is 0 Å². The van der Waals surface area contributed by atoms with Crippen molar-refractivity contribution in [3.8, 4) is 0 Å². The smallest absolute Gasteiger partial charge is 0.317 e. The molecule has 0 aliphatic heterocycles. The van der Waals surface area contributed by atoms with E-state index in [0.29, 0.717) is 5.76 Å². The van der Waals surface area contributed by atoms with Gasteiger partial charge in [-0.25, -0.2) is 4.79 Å². The lowest BCUT2D eigenvalue weighted by Crippen LogP contribution is -2.37. The number of hydrogen-bond donors (Lipinski definition) is 2. The SMILES string of the molecule is CN(CCC(=O)O)C(=O)NCc1ccno1. The zero-order valence-corrected chi connectivity index (χ0v) is 8.84. The molecule has 2 amide bonds. The summed E-state index contributed by atoms with van der Waals surface area (Å²) in [5, 5.41) is 14.5. The van der Waals surface area contributed by atoms with Crippen LogP contribution < -0.4 is 5.32 Å². The minimum atomic E-state index is -0.935. The molecule has 0 fully saturated rings. The highest BCUT2D eigenvalue weighted by molar-refractivity contribution is 5.74. The lowest BCUT2D eigenvalue weighted by atomic mass is 10.4. The number of nitrogens with one attached hydrogen (secondary N) is 1. The van der Waals surface area contributed by atoms with Crippen LogP contribution >= 0.6 is 0 Å². The zero-order valence-electron chi connectivity index (χ0n) is 8.84. The number of carbonyl (C=O) groups is 2. The molecule has 7 nitrogen and oxygen atoms in total. The summed E-state index contributed by atoms with van der Waals surface area (Å²) in [6.45, 7) is 0.397. The average Bonchev–Trinajstić information content (AvgIpc) is 2.75. The van der Waals surface area contributed by atoms with Gasteiger partial charge in [0.05, 0.1) is 19.2 Å². The number of carboxylic acids is 1. The maximum Gasteiger partial charge on any atom is 0.317 e. The molecule has 0 radical (unpaired) electrons. The second kappa shape index (κ2) is 5.74. The first kappa shape index (κ1) is 12.0. The second-order valence-corrected chi connectivity index (χ2v) is 3.20. The quantitative estimate of drug-likeness (QED) is 0.753. The maximum atomic E-state index is 11.4. The molecule has 0 aliphatic carbocycles. The molecule has 0 aromatic carbocycles. The molecule has 16 heavy (non-hydrogen) atoms. The molecule has 0 spiro atoms. The second-order valence-electron chi connectivity index (χ2n) is 3.20. The van der Waals surface area contributed by atoms with E-state index in [1.165, 1.54) is 18.1 Å². The fraction of sp³-hybridized carbons (Fsp3) is 0.444. The summed E-state index contributed by atoms with van der Waals surface area (Å²) in [5.41, 5.74) is 0. The average molecular weight is 227 g/mol. The minimum absolute atomic E-state index is 0.0772. The molecule has 0 bridgehead atoms. The van der Waals surface area contributed by atoms with Crippen LogP contribution in [-0.4, -0.2) is 40.8 Å². The number of carbonyl (C=O) groups excluding carboxylic acids is 1. The molecule has 0 atom stereocenters. The number of hydrogen-bond acceptors (Lipinski definition) is 4. The predicted octanol–water partition coefficient (Wildman–Crippen LogP) is 0.291. The maximum absolute atomic E-state index is 11.4. The van der Waals surface area contributed by atoms with E-state index in [1.54, 1.807) is 6.07 Å². The van der Waals surface area contributed by atoms with Gasteiger partial charge in [0.1, 0.15) is 0 Å². The molecular weight excluding hydrogens is 214 g/mol. The zero-order chi connectivity index (χ0) is 12.0. The lowest BCUT2D eigenvalue weighted by molar-refractivity contribution is -0.137. The molecule has 2 N–H and O–H groups in total. The van der Waals surface area contributed by atoms with Crippen LogP contribution in [0.15, 0.2) is 16.8 Å². The highest BCUT2D eigenvalue weighted by atomic mass is 16.5. The summed E-state index contributed by atoms with van der Waals surface area (Å²) < 4.78 is 4.78. The summed E-state index contributed by atoms with van der Waals surface area (Å²) >= 11 is 0. The third-order valence-electron chi connectivity index (χ3n) is 1.91. The molecule has 0 aliphatic rings. The molecule has 1 aromatic heterocycles. The van der Waals surface area contributed by atoms with Gasteiger partial charge in [-0.1, -0.05) is 5.16 Å². The van der Waals surface area contributed by atoms with Crippen LogP contribution in [0.2, 0.25) is 0 Å². The van der Waals surface area contributed by atoms with E-state index in [9.17, 15) is 9.59 Å². The standard InChI is InChI=1S/C9H13N3O4/c1-12(5-3-8(13)14)9(15)10-6-7-2-4-11-16-7/h2,4H,3,5-6H2,1H3,(H,10,15)(H,13,14). The van der Waals surface area contributed by atoms with Crippen molar-refractivity contribution >= 4 is 12.0 Å². The molecule has 0 unspecified atom stereocenters. The number of amides is 2. The third kappa shape index (κ3) is 3.99. The van der Waals surface area contributed by atoms with Gasteiger partial charge in [-0.3, -0.25) is 4.79 Å². The Morgan fingerprint density at radius 3 is 2.94 bits per heavy atom. The Morgan fingerprint density at radius 2 is 2.38 bits per heavy atom. The Balaban J connectivity index is 2.26. The van der Waals surface area contributed by atoms with Gasteiger partial charge in [0.15, 0.2) is 5.76 Å². The molecule has 1 aromatic rings. The van der Waals surface area contributed by atoms with E-state index >= 15 is 0 Å². The minimum Gasteiger partial charge on any atom is -0.481 e. The van der Waals surface area contributed by atoms with Crippen LogP contribution in [0, 0.1) is 0 Å². The van der Waals surface area contributed by atoms with E-state index in [-0.39, 0.29) is 25.5 Å². The van der Waals surface area contributed by atoms with Crippen molar-refractivity contribution in [2.75, 3.05) is 13.6 Å². The van der Waals surface area contributed by atoms with E-state index in [0.717, 1.165) is 0 Å². The summed E-state index contributed by atoms with van der Waals surface area (Å²) in [5.74, 6) is -0.394. The summed E-state index contributed by atoms with van der Waals surface area (Å²) in [6, 6.07) is 1.29. The van der Waals surface area contributed by atoms with Gasteiger partial charge in [-0.05, 0) is 0 Å². The van der Waals surface area contributed by atoms with Gasteiger partial charge >= 0.3 is 12.0 Å². The van der Waals surface area contributed by atoms with E-state index in [4.69, 9.17) is 9.63 Å². The number of urea groups is 1. The van der Waals surface area contributed by atoms with Gasteiger partial charge < -0.3 is 19.8 Å². The van der Waals surface area contributed by atoms with E-state index in [2.05, 4.69) is 10.5 Å². The molecular formula is C9H13N3O4. The highest BCUT2D eigenvalue weighted by Gasteiger charge is 2.10. The van der Waals surface area contributed by atoms with Gasteiger partial charge in [0, 0.05) is 19.7 Å². The number of aromatic nitrogens is 1. The summed E-state index contributed by atoms with van der Waals surface area (Å²) in [4.78, 5) is 23.0. The predicted molar refractivity (Wildman–Crippen MR) is 53.6 cm³/mol. The van der Waals surface area contributed by atoms with Crippen LogP contribution in [0.5, 0.6) is 0 Å². The van der Waals surface area contributed by atoms with Crippen molar-refractivity contribution in [2.45, 2.75) is 13.0 Å². The first-order chi connectivity index (χ1) is 7.59. The molecule has 1 heterocycles. The Morgan fingerprint density at radius 1 is 1.62 bits per heavy atom. The first-order valence-electron chi connectivity index (χ1n) is 4.70. The van der Waals surface area contributed by atoms with Crippen LogP contribution in [0.4, 0.5) is 4.79 Å². The molecule has 0 saturated carbocycles. The number of aliphatic carboxylic acids is 1. The molecule has 88 valence electrons. The summed E-state index contributed by atoms with van der Waals surface area (Å²) in [6.07, 6.45) is 1.40. The number of nitrogens with zero attached hydrogens (tertiary/aromatic N) is 2. The first-order valence-corrected chi connectivity index (χ1v) is 4.70. The Hall–Kier alpha value is -2.05. The number of rotatable bonds is 5. The van der Waals surface area contributed by atoms with Gasteiger partial charge in [0.25, 0.3) is 0 Å². The van der Waals surface area contributed by atoms with Crippen molar-refractivity contribution in [1.29, 1.82) is 0 Å². The summed E-state index contributed by atoms with van der Waals surface area (Å²) in [7, 11) is 1.53. The van der Waals surface area contributed by atoms with Crippen LogP contribution in [0.1, 0.15) is 12.2 Å². The monoisotopic (exact) mass is 227 g/mol. The van der Waals surface area contributed by atoms with Crippen molar-refractivity contribution in [3.05, 3.63) is 18.0 Å². The van der Waals surface area contributed by atoms with Crippen LogP contribution in [-0.2, 0) is 11.3 Å². The van der Waals surface area contributed by atoms with E-state index in [1.807, 2.05) is 0 Å². The Kier molecular flexibility index (Phi) is 4.31. The fourth-order valence-corrected chi connectivity index (χ4v) is 0.996. The molecule has 1 rings (SSSR count). The topological polar surface area (TPSA) is 95.7 Å². The van der Waals surface area contributed by atoms with Crippen molar-refractivity contribution < 1.29 is 19.2 Å². The Bertz CT molecular complexity index is 350.